The standard InChI is InChI=1S/C30H27Cl2F3N6O3S2/c1-36-46(43,44)37-18-23-27(29(42)39-40-15-3-2-4-16-40)38-41(25-13-10-21(31)17-24(25)32)28(23)26-14-12-22(45-26)11-7-19-5-8-20(9-6-19)30(33,34)35/h5-6,8-10,12-14,17,36-37H,2-4,15-16,18H2,1H3,(H,39,42). The van der Waals surface area contributed by atoms with Crippen LogP contribution >= 0.6 is 34.5 Å². The van der Waals surface area contributed by atoms with Gasteiger partial charge in [0.25, 0.3) is 16.1 Å². The zero-order valence-corrected chi connectivity index (χ0v) is 27.4. The maximum absolute atomic E-state index is 13.7. The fourth-order valence-corrected chi connectivity index (χ4v) is 6.62. The Balaban J connectivity index is 1.60. The number of aromatic nitrogens is 2. The molecule has 4 aromatic rings. The number of halogens is 5. The first-order chi connectivity index (χ1) is 21.8. The Morgan fingerprint density at radius 1 is 1.02 bits per heavy atom. The summed E-state index contributed by atoms with van der Waals surface area (Å²) in [6.45, 7) is 1.03. The van der Waals surface area contributed by atoms with Gasteiger partial charge in [-0.1, -0.05) is 41.5 Å². The van der Waals surface area contributed by atoms with Crippen LogP contribution in [0, 0.1) is 11.8 Å². The van der Waals surface area contributed by atoms with Crippen molar-refractivity contribution in [2.45, 2.75) is 32.0 Å². The first-order valence-corrected chi connectivity index (χ1v) is 17.0. The highest BCUT2D eigenvalue weighted by Crippen LogP contribution is 2.37. The predicted octanol–water partition coefficient (Wildman–Crippen LogP) is 6.01. The van der Waals surface area contributed by atoms with E-state index in [2.05, 4.69) is 31.8 Å². The van der Waals surface area contributed by atoms with Gasteiger partial charge in [-0.3, -0.25) is 10.2 Å². The number of benzene rings is 2. The Morgan fingerprint density at radius 2 is 1.74 bits per heavy atom. The average Bonchev–Trinajstić information content (AvgIpc) is 3.64. The molecular weight excluding hydrogens is 684 g/mol. The molecule has 1 amide bonds. The second-order valence-electron chi connectivity index (χ2n) is 10.2. The number of rotatable bonds is 8. The number of nitrogens with zero attached hydrogens (tertiary/aromatic N) is 3. The van der Waals surface area contributed by atoms with E-state index >= 15 is 0 Å². The smallest absolute Gasteiger partial charge is 0.283 e. The van der Waals surface area contributed by atoms with Crippen molar-refractivity contribution < 1.29 is 26.4 Å². The molecule has 46 heavy (non-hydrogen) atoms. The van der Waals surface area contributed by atoms with E-state index in [9.17, 15) is 26.4 Å². The third kappa shape index (κ3) is 8.10. The van der Waals surface area contributed by atoms with E-state index in [1.54, 1.807) is 29.3 Å². The van der Waals surface area contributed by atoms with Crippen LogP contribution in [0.15, 0.2) is 54.6 Å². The van der Waals surface area contributed by atoms with Gasteiger partial charge in [0.1, 0.15) is 0 Å². The highest BCUT2D eigenvalue weighted by molar-refractivity contribution is 7.87. The van der Waals surface area contributed by atoms with Crippen LogP contribution in [0.1, 0.15) is 51.3 Å². The summed E-state index contributed by atoms with van der Waals surface area (Å²) in [5.41, 5.74) is 3.55. The minimum Gasteiger partial charge on any atom is -0.283 e. The van der Waals surface area contributed by atoms with Crippen LogP contribution in [-0.2, 0) is 22.9 Å². The zero-order chi connectivity index (χ0) is 33.1. The van der Waals surface area contributed by atoms with Gasteiger partial charge in [-0.15, -0.1) is 11.3 Å². The Bertz CT molecular complexity index is 1910. The summed E-state index contributed by atoms with van der Waals surface area (Å²) in [6.07, 6.45) is -1.56. The molecule has 242 valence electrons. The molecule has 3 N–H and O–H groups in total. The molecule has 0 spiro atoms. The van der Waals surface area contributed by atoms with Gasteiger partial charge in [0.2, 0.25) is 0 Å². The van der Waals surface area contributed by atoms with Gasteiger partial charge in [-0.05, 0) is 67.4 Å². The normalized spacial score (nSPS) is 14.1. The highest BCUT2D eigenvalue weighted by Gasteiger charge is 2.30. The van der Waals surface area contributed by atoms with Crippen molar-refractivity contribution in [3.8, 4) is 28.1 Å². The Labute approximate surface area is 277 Å². The maximum atomic E-state index is 13.7. The number of nitrogens with one attached hydrogen (secondary N) is 3. The molecule has 1 aliphatic rings. The summed E-state index contributed by atoms with van der Waals surface area (Å²) in [5, 5.41) is 7.07. The van der Waals surface area contributed by atoms with E-state index in [4.69, 9.17) is 23.2 Å². The number of amides is 1. The van der Waals surface area contributed by atoms with Gasteiger partial charge in [0, 0.05) is 42.8 Å². The molecule has 0 atom stereocenters. The summed E-state index contributed by atoms with van der Waals surface area (Å²) in [7, 11) is -2.66. The van der Waals surface area contributed by atoms with Crippen LogP contribution in [0.25, 0.3) is 16.3 Å². The average molecular weight is 712 g/mol. The number of alkyl halides is 3. The van der Waals surface area contributed by atoms with Crippen molar-refractivity contribution in [1.29, 1.82) is 0 Å². The molecule has 2 aromatic carbocycles. The van der Waals surface area contributed by atoms with Crippen LogP contribution in [0.2, 0.25) is 10.0 Å². The third-order valence-electron chi connectivity index (χ3n) is 7.04. The van der Waals surface area contributed by atoms with Crippen LogP contribution in [0.4, 0.5) is 13.2 Å². The van der Waals surface area contributed by atoms with E-state index in [0.717, 1.165) is 31.4 Å². The van der Waals surface area contributed by atoms with Crippen LogP contribution in [-0.4, -0.2) is 49.3 Å². The lowest BCUT2D eigenvalue weighted by Crippen LogP contribution is -2.45. The van der Waals surface area contributed by atoms with Gasteiger partial charge in [0.05, 0.1) is 31.7 Å². The molecular formula is C30H27Cl2F3N6O3S2. The molecule has 16 heteroatoms. The molecule has 0 radical (unpaired) electrons. The van der Waals surface area contributed by atoms with Gasteiger partial charge < -0.3 is 0 Å². The molecule has 1 fully saturated rings. The zero-order valence-electron chi connectivity index (χ0n) is 24.2. The lowest BCUT2D eigenvalue weighted by molar-refractivity contribution is -0.137. The second kappa shape index (κ2) is 14.1. The number of piperidine rings is 1. The maximum Gasteiger partial charge on any atom is 0.416 e. The highest BCUT2D eigenvalue weighted by atomic mass is 35.5. The summed E-state index contributed by atoms with van der Waals surface area (Å²) >= 11 is 14.0. The van der Waals surface area contributed by atoms with Crippen molar-refractivity contribution in [3.63, 3.8) is 0 Å². The fourth-order valence-electron chi connectivity index (χ4n) is 4.73. The number of hydrogen-bond donors (Lipinski definition) is 3. The summed E-state index contributed by atoms with van der Waals surface area (Å²) < 4.78 is 69.8. The molecule has 1 saturated heterocycles. The first kappa shape index (κ1) is 33.9. The third-order valence-corrected chi connectivity index (χ3v) is 9.65. The summed E-state index contributed by atoms with van der Waals surface area (Å²) in [5.74, 6) is 5.31. The van der Waals surface area contributed by atoms with Crippen molar-refractivity contribution in [3.05, 3.63) is 91.9 Å². The summed E-state index contributed by atoms with van der Waals surface area (Å²) in [4.78, 5) is 14.8. The predicted molar refractivity (Wildman–Crippen MR) is 172 cm³/mol. The van der Waals surface area contributed by atoms with E-state index in [1.165, 1.54) is 41.3 Å². The largest absolute Gasteiger partial charge is 0.416 e. The van der Waals surface area contributed by atoms with E-state index in [1.807, 2.05) is 0 Å². The minimum absolute atomic E-state index is 0.0174. The van der Waals surface area contributed by atoms with Crippen molar-refractivity contribution >= 4 is 50.7 Å². The SMILES string of the molecule is CNS(=O)(=O)NCc1c(C(=O)NN2CCCCC2)nn(-c2ccc(Cl)cc2Cl)c1-c1ccc(C#Cc2ccc(C(F)(F)F)cc2)s1. The molecule has 1 aliphatic heterocycles. The van der Waals surface area contributed by atoms with Gasteiger partial charge in [0.15, 0.2) is 5.69 Å². The van der Waals surface area contributed by atoms with Gasteiger partial charge in [-0.2, -0.15) is 31.4 Å². The lowest BCUT2D eigenvalue weighted by atomic mass is 10.1. The quantitative estimate of drug-likeness (QED) is 0.194. The monoisotopic (exact) mass is 710 g/mol. The van der Waals surface area contributed by atoms with Gasteiger partial charge >= 0.3 is 6.18 Å². The number of carbonyl (C=O) groups excluding carboxylic acids is 1. The lowest BCUT2D eigenvalue weighted by Gasteiger charge is -2.26. The van der Waals surface area contributed by atoms with E-state index in [0.29, 0.717) is 44.8 Å². The number of carbonyl (C=O) groups is 1. The second-order valence-corrected chi connectivity index (χ2v) is 13.8. The molecule has 5 rings (SSSR count). The molecule has 2 aromatic heterocycles. The van der Waals surface area contributed by atoms with Crippen LogP contribution in [0.3, 0.4) is 0 Å². The molecule has 3 heterocycles. The summed E-state index contributed by atoms with van der Waals surface area (Å²) in [6, 6.07) is 12.7. The topological polar surface area (TPSA) is 108 Å². The van der Waals surface area contributed by atoms with Crippen LogP contribution < -0.4 is 14.9 Å². The van der Waals surface area contributed by atoms with Crippen LogP contribution in [0.5, 0.6) is 0 Å². The minimum atomic E-state index is -4.45. The number of thiophene rings is 1. The molecule has 0 saturated carbocycles. The Hall–Kier alpha value is -3.42. The van der Waals surface area contributed by atoms with Crippen molar-refractivity contribution in [2.24, 2.45) is 0 Å². The van der Waals surface area contributed by atoms with Crippen molar-refractivity contribution in [1.82, 2.24) is 29.7 Å². The molecule has 0 unspecified atom stereocenters. The van der Waals surface area contributed by atoms with Gasteiger partial charge in [-0.25, -0.2) is 14.4 Å². The molecule has 9 nitrogen and oxygen atoms in total. The number of hydrogen-bond acceptors (Lipinski definition) is 6. The van der Waals surface area contributed by atoms with Crippen molar-refractivity contribution in [2.75, 3.05) is 20.1 Å². The van der Waals surface area contributed by atoms with E-state index in [-0.39, 0.29) is 22.8 Å². The van der Waals surface area contributed by atoms with E-state index < -0.39 is 27.9 Å². The number of hydrazine groups is 1. The first-order valence-electron chi connectivity index (χ1n) is 14.0. The fraction of sp³-hybridized carbons (Fsp3) is 0.267. The Kier molecular flexibility index (Phi) is 10.4. The molecule has 0 aliphatic carbocycles. The Morgan fingerprint density at radius 3 is 2.39 bits per heavy atom. The molecule has 0 bridgehead atoms.